The van der Waals surface area contributed by atoms with Gasteiger partial charge in [0.2, 0.25) is 0 Å². The van der Waals surface area contributed by atoms with Crippen LogP contribution in [-0.4, -0.2) is 38.6 Å². The number of aromatic hydroxyl groups is 1. The van der Waals surface area contributed by atoms with Crippen LogP contribution in [0.25, 0.3) is 11.3 Å². The van der Waals surface area contributed by atoms with Crippen LogP contribution in [-0.2, 0) is 12.6 Å². The third kappa shape index (κ3) is 3.19. The van der Waals surface area contributed by atoms with E-state index in [0.29, 0.717) is 18.5 Å². The molecule has 1 fully saturated rings. The third-order valence-electron chi connectivity index (χ3n) is 5.79. The minimum atomic E-state index is -4.52. The van der Waals surface area contributed by atoms with Gasteiger partial charge < -0.3 is 15.1 Å². The average molecular weight is 393 g/mol. The molecule has 1 aliphatic carbocycles. The Morgan fingerprint density at radius 2 is 1.93 bits per heavy atom. The van der Waals surface area contributed by atoms with Crippen molar-refractivity contribution in [3.8, 4) is 17.0 Å². The van der Waals surface area contributed by atoms with Crippen LogP contribution in [0.5, 0.6) is 5.75 Å². The quantitative estimate of drug-likeness (QED) is 0.811. The van der Waals surface area contributed by atoms with Gasteiger partial charge in [0.1, 0.15) is 5.75 Å². The topological polar surface area (TPSA) is 69.5 Å². The SMILES string of the molecule is Cc1c(-c2ccc(C(F)(F)F)cc2O)nnc2c1CCCN2C1CC(C)(O)C1. The van der Waals surface area contributed by atoms with Crippen molar-refractivity contribution < 1.29 is 23.4 Å². The van der Waals surface area contributed by atoms with Crippen LogP contribution in [0.4, 0.5) is 19.0 Å². The number of benzene rings is 1. The molecule has 28 heavy (non-hydrogen) atoms. The highest BCUT2D eigenvalue weighted by Gasteiger charge is 2.43. The van der Waals surface area contributed by atoms with Crippen molar-refractivity contribution in [3.05, 3.63) is 34.9 Å². The lowest BCUT2D eigenvalue weighted by Crippen LogP contribution is -2.55. The number of hydrogen-bond acceptors (Lipinski definition) is 5. The zero-order valence-electron chi connectivity index (χ0n) is 15.7. The van der Waals surface area contributed by atoms with Crippen molar-refractivity contribution in [1.82, 2.24) is 10.2 Å². The van der Waals surface area contributed by atoms with Crippen molar-refractivity contribution in [1.29, 1.82) is 0 Å². The van der Waals surface area contributed by atoms with Crippen LogP contribution in [0, 0.1) is 6.92 Å². The summed E-state index contributed by atoms with van der Waals surface area (Å²) >= 11 is 0. The molecule has 4 rings (SSSR count). The average Bonchev–Trinajstić information content (AvgIpc) is 2.59. The zero-order valence-corrected chi connectivity index (χ0v) is 15.7. The molecular formula is C20H22F3N3O2. The van der Waals surface area contributed by atoms with Gasteiger partial charge in [0, 0.05) is 23.7 Å². The lowest BCUT2D eigenvalue weighted by Gasteiger charge is -2.48. The minimum absolute atomic E-state index is 0.216. The highest BCUT2D eigenvalue weighted by Crippen LogP contribution is 2.42. The number of halogens is 3. The summed E-state index contributed by atoms with van der Waals surface area (Å²) in [7, 11) is 0. The van der Waals surface area contributed by atoms with Gasteiger partial charge in [-0.15, -0.1) is 10.2 Å². The zero-order chi connectivity index (χ0) is 20.3. The number of fused-ring (bicyclic) bond motifs is 1. The monoisotopic (exact) mass is 393 g/mol. The van der Waals surface area contributed by atoms with Gasteiger partial charge in [0.25, 0.3) is 0 Å². The van der Waals surface area contributed by atoms with E-state index in [-0.39, 0.29) is 11.6 Å². The van der Waals surface area contributed by atoms with E-state index in [1.54, 1.807) is 0 Å². The van der Waals surface area contributed by atoms with E-state index in [1.165, 1.54) is 6.07 Å². The van der Waals surface area contributed by atoms with Gasteiger partial charge in [-0.05, 0) is 63.3 Å². The molecule has 1 saturated carbocycles. The maximum Gasteiger partial charge on any atom is 0.416 e. The predicted octanol–water partition coefficient (Wildman–Crippen LogP) is 3.84. The summed E-state index contributed by atoms with van der Waals surface area (Å²) in [6, 6.07) is 3.12. The Bertz CT molecular complexity index is 920. The molecule has 0 bridgehead atoms. The van der Waals surface area contributed by atoms with Crippen LogP contribution >= 0.6 is 0 Å². The van der Waals surface area contributed by atoms with Gasteiger partial charge in [-0.3, -0.25) is 0 Å². The lowest BCUT2D eigenvalue weighted by molar-refractivity contribution is -0.137. The largest absolute Gasteiger partial charge is 0.507 e. The summed E-state index contributed by atoms with van der Waals surface area (Å²) < 4.78 is 38.6. The van der Waals surface area contributed by atoms with E-state index in [1.807, 2.05) is 13.8 Å². The summed E-state index contributed by atoms with van der Waals surface area (Å²) in [5.74, 6) is 0.314. The number of nitrogens with zero attached hydrogens (tertiary/aromatic N) is 3. The fourth-order valence-corrected chi connectivity index (χ4v) is 4.30. The van der Waals surface area contributed by atoms with E-state index >= 15 is 0 Å². The summed E-state index contributed by atoms with van der Waals surface area (Å²) in [5, 5.41) is 28.8. The Labute approximate surface area is 160 Å². The third-order valence-corrected chi connectivity index (χ3v) is 5.79. The molecule has 1 aliphatic heterocycles. The molecule has 2 N–H and O–H groups in total. The molecule has 150 valence electrons. The number of phenolic OH excluding ortho intramolecular Hbond substituents is 1. The first kappa shape index (κ1) is 19.0. The van der Waals surface area contributed by atoms with Crippen molar-refractivity contribution in [2.45, 2.75) is 57.3 Å². The molecule has 0 saturated heterocycles. The first-order valence-electron chi connectivity index (χ1n) is 9.32. The molecule has 0 spiro atoms. The smallest absolute Gasteiger partial charge is 0.416 e. The number of rotatable bonds is 2. The first-order valence-corrected chi connectivity index (χ1v) is 9.32. The van der Waals surface area contributed by atoms with Crippen LogP contribution in [0.3, 0.4) is 0 Å². The second-order valence-corrected chi connectivity index (χ2v) is 8.06. The molecule has 0 atom stereocenters. The maximum absolute atomic E-state index is 12.9. The van der Waals surface area contributed by atoms with Crippen LogP contribution in [0.1, 0.15) is 42.9 Å². The molecule has 2 heterocycles. The van der Waals surface area contributed by atoms with Crippen LogP contribution in [0.2, 0.25) is 0 Å². The number of alkyl halides is 3. The Morgan fingerprint density at radius 1 is 1.21 bits per heavy atom. The summed E-state index contributed by atoms with van der Waals surface area (Å²) in [6.45, 7) is 4.52. The fourth-order valence-electron chi connectivity index (χ4n) is 4.30. The van der Waals surface area contributed by atoms with Gasteiger partial charge in [-0.1, -0.05) is 0 Å². The molecule has 1 aromatic heterocycles. The van der Waals surface area contributed by atoms with Gasteiger partial charge in [-0.2, -0.15) is 13.2 Å². The van der Waals surface area contributed by atoms with E-state index in [9.17, 15) is 23.4 Å². The summed E-state index contributed by atoms with van der Waals surface area (Å²) in [4.78, 5) is 2.17. The minimum Gasteiger partial charge on any atom is -0.507 e. The highest BCUT2D eigenvalue weighted by molar-refractivity contribution is 5.73. The molecule has 8 heteroatoms. The van der Waals surface area contributed by atoms with Crippen LogP contribution < -0.4 is 4.90 Å². The predicted molar refractivity (Wildman–Crippen MR) is 98.2 cm³/mol. The van der Waals surface area contributed by atoms with E-state index in [2.05, 4.69) is 15.1 Å². The van der Waals surface area contributed by atoms with Crippen LogP contribution in [0.15, 0.2) is 18.2 Å². The number of aliphatic hydroxyl groups is 1. The molecular weight excluding hydrogens is 371 g/mol. The Hall–Kier alpha value is -2.35. The molecule has 2 aliphatic rings. The van der Waals surface area contributed by atoms with Crippen molar-refractivity contribution in [2.24, 2.45) is 0 Å². The van der Waals surface area contributed by atoms with Crippen molar-refractivity contribution in [3.63, 3.8) is 0 Å². The standard InChI is InChI=1S/C20H22F3N3O2/c1-11-14-4-3-7-26(13-9-19(2,28)10-13)18(14)25-24-17(11)15-6-5-12(8-16(15)27)20(21,22)23/h5-6,8,13,27-28H,3-4,7,9-10H2,1-2H3. The number of aromatic nitrogens is 2. The molecule has 5 nitrogen and oxygen atoms in total. The van der Waals surface area contributed by atoms with E-state index in [4.69, 9.17) is 0 Å². The Kier molecular flexibility index (Phi) is 4.30. The van der Waals surface area contributed by atoms with Gasteiger partial charge in [-0.25, -0.2) is 0 Å². The van der Waals surface area contributed by atoms with Gasteiger partial charge in [0.05, 0.1) is 16.9 Å². The summed E-state index contributed by atoms with van der Waals surface area (Å²) in [5.41, 5.74) is 0.909. The second-order valence-electron chi connectivity index (χ2n) is 8.06. The Balaban J connectivity index is 1.70. The summed E-state index contributed by atoms with van der Waals surface area (Å²) in [6.07, 6.45) is -1.44. The van der Waals surface area contributed by atoms with Crippen molar-refractivity contribution >= 4 is 5.82 Å². The van der Waals surface area contributed by atoms with E-state index in [0.717, 1.165) is 48.5 Å². The first-order chi connectivity index (χ1) is 13.1. The maximum atomic E-state index is 12.9. The molecule has 2 aromatic rings. The lowest BCUT2D eigenvalue weighted by atomic mass is 9.75. The molecule has 0 amide bonds. The fraction of sp³-hybridized carbons (Fsp3) is 0.500. The second kappa shape index (κ2) is 6.34. The number of hydrogen-bond donors (Lipinski definition) is 2. The molecule has 0 radical (unpaired) electrons. The highest BCUT2D eigenvalue weighted by atomic mass is 19.4. The number of anilines is 1. The Morgan fingerprint density at radius 3 is 2.54 bits per heavy atom. The normalized spacial score (nSPS) is 24.6. The van der Waals surface area contributed by atoms with E-state index < -0.39 is 23.1 Å². The van der Waals surface area contributed by atoms with Gasteiger partial charge in [0.15, 0.2) is 5.82 Å². The van der Waals surface area contributed by atoms with Gasteiger partial charge >= 0.3 is 6.18 Å². The molecule has 1 aromatic carbocycles. The number of phenols is 1. The van der Waals surface area contributed by atoms with Crippen molar-refractivity contribution in [2.75, 3.05) is 11.4 Å². The molecule has 0 unspecified atom stereocenters.